The number of amides is 2. The van der Waals surface area contributed by atoms with Gasteiger partial charge in [-0.1, -0.05) is 13.0 Å². The Bertz CT molecular complexity index is 607. The van der Waals surface area contributed by atoms with E-state index in [2.05, 4.69) is 17.0 Å². The monoisotopic (exact) mass is 332 g/mol. The zero-order valence-corrected chi connectivity index (χ0v) is 14.2. The minimum absolute atomic E-state index is 0.00689. The summed E-state index contributed by atoms with van der Waals surface area (Å²) in [7, 11) is 1.29. The lowest BCUT2D eigenvalue weighted by atomic mass is 9.98. The zero-order chi connectivity index (χ0) is 17.5. The summed E-state index contributed by atoms with van der Waals surface area (Å²) in [6.07, 6.45) is 2.13. The van der Waals surface area contributed by atoms with Gasteiger partial charge in [0.1, 0.15) is 0 Å². The summed E-state index contributed by atoms with van der Waals surface area (Å²) in [5.41, 5.74) is 1.12. The molecule has 2 rings (SSSR count). The van der Waals surface area contributed by atoms with Crippen molar-refractivity contribution in [1.29, 1.82) is 0 Å². The second kappa shape index (κ2) is 8.47. The van der Waals surface area contributed by atoms with Crippen molar-refractivity contribution < 1.29 is 19.1 Å². The Balaban J connectivity index is 1.94. The van der Waals surface area contributed by atoms with Crippen molar-refractivity contribution in [3.8, 4) is 0 Å². The van der Waals surface area contributed by atoms with Crippen LogP contribution in [-0.2, 0) is 14.3 Å². The van der Waals surface area contributed by atoms with E-state index in [4.69, 9.17) is 0 Å². The number of hydrogen-bond donors (Lipinski definition) is 1. The van der Waals surface area contributed by atoms with Gasteiger partial charge in [-0.25, -0.2) is 0 Å². The summed E-state index contributed by atoms with van der Waals surface area (Å²) >= 11 is 0. The molecule has 1 fully saturated rings. The van der Waals surface area contributed by atoms with Crippen molar-refractivity contribution in [3.05, 3.63) is 29.8 Å². The van der Waals surface area contributed by atoms with Crippen molar-refractivity contribution in [2.75, 3.05) is 25.5 Å². The number of benzene rings is 1. The largest absolute Gasteiger partial charge is 0.469 e. The fourth-order valence-corrected chi connectivity index (χ4v) is 2.67. The maximum atomic E-state index is 12.6. The molecule has 0 atom stereocenters. The Hall–Kier alpha value is -2.37. The van der Waals surface area contributed by atoms with Gasteiger partial charge in [0.2, 0.25) is 5.91 Å². The van der Waals surface area contributed by atoms with Crippen molar-refractivity contribution in [3.63, 3.8) is 0 Å². The Morgan fingerprint density at radius 2 is 1.92 bits per heavy atom. The molecule has 1 aromatic rings. The van der Waals surface area contributed by atoms with Crippen LogP contribution in [0.1, 0.15) is 43.0 Å². The van der Waals surface area contributed by atoms with Crippen LogP contribution < -0.4 is 5.32 Å². The van der Waals surface area contributed by atoms with Crippen LogP contribution >= 0.6 is 0 Å². The van der Waals surface area contributed by atoms with Crippen molar-refractivity contribution in [2.45, 2.75) is 32.6 Å². The second-order valence-corrected chi connectivity index (χ2v) is 6.18. The van der Waals surface area contributed by atoms with Crippen molar-refractivity contribution >= 4 is 23.5 Å². The minimum atomic E-state index is -0.423. The molecule has 1 aromatic carbocycles. The summed E-state index contributed by atoms with van der Waals surface area (Å²) in [6.45, 7) is 3.75. The van der Waals surface area contributed by atoms with Gasteiger partial charge in [0.15, 0.2) is 0 Å². The molecule has 130 valence electrons. The van der Waals surface area contributed by atoms with Crippen LogP contribution in [0.15, 0.2) is 24.3 Å². The predicted octanol–water partition coefficient (Wildman–Crippen LogP) is 2.45. The number of likely N-dealkylation sites (tertiary alicyclic amines) is 1. The van der Waals surface area contributed by atoms with Crippen LogP contribution in [-0.4, -0.2) is 42.9 Å². The first-order chi connectivity index (χ1) is 11.5. The Morgan fingerprint density at radius 3 is 2.58 bits per heavy atom. The van der Waals surface area contributed by atoms with Gasteiger partial charge in [0, 0.05) is 30.8 Å². The highest BCUT2D eigenvalue weighted by Gasteiger charge is 2.21. The maximum Gasteiger partial charge on any atom is 0.306 e. The summed E-state index contributed by atoms with van der Waals surface area (Å²) in [5, 5.41) is 2.71. The molecule has 2 amide bonds. The van der Waals surface area contributed by atoms with Gasteiger partial charge < -0.3 is 15.0 Å². The standard InChI is InChI=1S/C18H24N2O4/c1-13-8-10-20(11-9-13)18(23)14-4-3-5-15(12-14)19-16(21)6-7-17(22)24-2/h3-5,12-13H,6-11H2,1-2H3,(H,19,21). The van der Waals surface area contributed by atoms with E-state index in [1.807, 2.05) is 4.90 Å². The smallest absolute Gasteiger partial charge is 0.306 e. The first-order valence-electron chi connectivity index (χ1n) is 8.25. The van der Waals surface area contributed by atoms with Gasteiger partial charge in [-0.2, -0.15) is 0 Å². The SMILES string of the molecule is COC(=O)CCC(=O)Nc1cccc(C(=O)N2CCC(C)CC2)c1. The van der Waals surface area contributed by atoms with Crippen molar-refractivity contribution in [1.82, 2.24) is 4.90 Å². The molecule has 6 nitrogen and oxygen atoms in total. The lowest BCUT2D eigenvalue weighted by molar-refractivity contribution is -0.141. The molecule has 0 aromatic heterocycles. The van der Waals surface area contributed by atoms with Crippen LogP contribution in [0.25, 0.3) is 0 Å². The molecule has 0 unspecified atom stereocenters. The van der Waals surface area contributed by atoms with E-state index in [9.17, 15) is 14.4 Å². The normalized spacial score (nSPS) is 15.0. The van der Waals surface area contributed by atoms with Gasteiger partial charge in [-0.15, -0.1) is 0 Å². The summed E-state index contributed by atoms with van der Waals surface area (Å²) < 4.78 is 4.51. The van der Waals surface area contributed by atoms with Gasteiger partial charge in [-0.3, -0.25) is 14.4 Å². The third kappa shape index (κ3) is 5.08. The van der Waals surface area contributed by atoms with Crippen LogP contribution in [0.4, 0.5) is 5.69 Å². The molecule has 1 saturated heterocycles. The highest BCUT2D eigenvalue weighted by Crippen LogP contribution is 2.19. The number of rotatable bonds is 5. The molecule has 0 bridgehead atoms. The van der Waals surface area contributed by atoms with Crippen LogP contribution in [0.3, 0.4) is 0 Å². The van der Waals surface area contributed by atoms with Gasteiger partial charge in [0.25, 0.3) is 5.91 Å². The number of carbonyl (C=O) groups is 3. The third-order valence-corrected chi connectivity index (χ3v) is 4.25. The highest BCUT2D eigenvalue weighted by molar-refractivity contribution is 5.97. The second-order valence-electron chi connectivity index (χ2n) is 6.18. The topological polar surface area (TPSA) is 75.7 Å². The lowest BCUT2D eigenvalue weighted by Gasteiger charge is -2.30. The number of carbonyl (C=O) groups excluding carboxylic acids is 3. The number of ether oxygens (including phenoxy) is 1. The quantitative estimate of drug-likeness (QED) is 0.840. The Morgan fingerprint density at radius 1 is 1.21 bits per heavy atom. The molecular formula is C18H24N2O4. The number of nitrogens with zero attached hydrogens (tertiary/aromatic N) is 1. The lowest BCUT2D eigenvalue weighted by Crippen LogP contribution is -2.37. The van der Waals surface area contributed by atoms with Gasteiger partial charge >= 0.3 is 5.97 Å². The number of esters is 1. The molecule has 24 heavy (non-hydrogen) atoms. The summed E-state index contributed by atoms with van der Waals surface area (Å²) in [5.74, 6) is -0.0488. The molecule has 6 heteroatoms. The fourth-order valence-electron chi connectivity index (χ4n) is 2.67. The highest BCUT2D eigenvalue weighted by atomic mass is 16.5. The molecular weight excluding hydrogens is 308 g/mol. The van der Waals surface area contributed by atoms with E-state index in [0.717, 1.165) is 25.9 Å². The Labute approximate surface area is 142 Å². The van der Waals surface area contributed by atoms with E-state index in [0.29, 0.717) is 17.2 Å². The number of methoxy groups -OCH3 is 1. The predicted molar refractivity (Wildman–Crippen MR) is 90.6 cm³/mol. The van der Waals surface area contributed by atoms with E-state index in [1.54, 1.807) is 24.3 Å². The maximum absolute atomic E-state index is 12.6. The van der Waals surface area contributed by atoms with Crippen LogP contribution in [0, 0.1) is 5.92 Å². The average molecular weight is 332 g/mol. The van der Waals surface area contributed by atoms with E-state index < -0.39 is 5.97 Å². The molecule has 0 saturated carbocycles. The average Bonchev–Trinajstić information content (AvgIpc) is 2.60. The summed E-state index contributed by atoms with van der Waals surface area (Å²) in [6, 6.07) is 6.90. The molecule has 1 N–H and O–H groups in total. The fraction of sp³-hybridized carbons (Fsp3) is 0.500. The van der Waals surface area contributed by atoms with E-state index in [1.165, 1.54) is 7.11 Å². The van der Waals surface area contributed by atoms with Crippen molar-refractivity contribution in [2.24, 2.45) is 5.92 Å². The van der Waals surface area contributed by atoms with Crippen LogP contribution in [0.5, 0.6) is 0 Å². The molecule has 1 aliphatic rings. The number of nitrogens with one attached hydrogen (secondary N) is 1. The summed E-state index contributed by atoms with van der Waals surface area (Å²) in [4.78, 5) is 37.3. The minimum Gasteiger partial charge on any atom is -0.469 e. The first kappa shape index (κ1) is 18.0. The Kier molecular flexibility index (Phi) is 6.35. The number of piperidine rings is 1. The van der Waals surface area contributed by atoms with Gasteiger partial charge in [0.05, 0.1) is 13.5 Å². The molecule has 0 aliphatic carbocycles. The number of hydrogen-bond acceptors (Lipinski definition) is 4. The van der Waals surface area contributed by atoms with Crippen LogP contribution in [0.2, 0.25) is 0 Å². The van der Waals surface area contributed by atoms with Gasteiger partial charge in [-0.05, 0) is 37.0 Å². The first-order valence-corrected chi connectivity index (χ1v) is 8.25. The van der Waals surface area contributed by atoms with E-state index >= 15 is 0 Å². The molecule has 0 spiro atoms. The third-order valence-electron chi connectivity index (χ3n) is 4.25. The molecule has 1 aliphatic heterocycles. The van der Waals surface area contributed by atoms with E-state index in [-0.39, 0.29) is 24.7 Å². The number of anilines is 1. The molecule has 1 heterocycles. The molecule has 0 radical (unpaired) electrons. The zero-order valence-electron chi connectivity index (χ0n) is 14.2.